The minimum Gasteiger partial charge on any atom is -0.495 e. The summed E-state index contributed by atoms with van der Waals surface area (Å²) in [6.45, 7) is 2.34. The second-order valence-corrected chi connectivity index (χ2v) is 8.83. The molecule has 0 fully saturated rings. The Bertz CT molecular complexity index is 1130. The van der Waals surface area contributed by atoms with Crippen LogP contribution in [0.15, 0.2) is 64.1 Å². The van der Waals surface area contributed by atoms with Crippen LogP contribution in [0.3, 0.4) is 0 Å². The van der Waals surface area contributed by atoms with Gasteiger partial charge in [-0.05, 0) is 43.3 Å². The molecular weight excluding hydrogens is 432 g/mol. The van der Waals surface area contributed by atoms with Gasteiger partial charge < -0.3 is 13.9 Å². The van der Waals surface area contributed by atoms with Crippen LogP contribution in [0.1, 0.15) is 11.3 Å². The average Bonchev–Trinajstić information content (AvgIpc) is 3.46. The predicted molar refractivity (Wildman–Crippen MR) is 125 cm³/mol. The number of methoxy groups -OCH3 is 2. The van der Waals surface area contributed by atoms with E-state index in [4.69, 9.17) is 18.9 Å². The van der Waals surface area contributed by atoms with Crippen LogP contribution in [0.5, 0.6) is 11.5 Å². The van der Waals surface area contributed by atoms with E-state index in [9.17, 15) is 4.79 Å². The van der Waals surface area contributed by atoms with Crippen molar-refractivity contribution in [1.29, 1.82) is 0 Å². The minimum atomic E-state index is -0.0565. The lowest BCUT2D eigenvalue weighted by atomic mass is 10.2. The van der Waals surface area contributed by atoms with E-state index in [0.717, 1.165) is 9.60 Å². The number of thioether (sulfide) groups is 1. The Morgan fingerprint density at radius 2 is 1.84 bits per heavy atom. The molecule has 31 heavy (non-hydrogen) atoms. The molecule has 0 atom stereocenters. The molecule has 0 saturated carbocycles. The van der Waals surface area contributed by atoms with E-state index in [-0.39, 0.29) is 11.7 Å². The number of amides is 1. The zero-order chi connectivity index (χ0) is 21.8. The number of thiazole rings is 1. The molecule has 0 radical (unpaired) electrons. The zero-order valence-corrected chi connectivity index (χ0v) is 19.1. The smallest absolute Gasteiger partial charge is 0.239 e. The summed E-state index contributed by atoms with van der Waals surface area (Å²) in [5, 5.41) is 0.573. The van der Waals surface area contributed by atoms with Crippen molar-refractivity contribution in [2.24, 2.45) is 0 Å². The Morgan fingerprint density at radius 3 is 2.52 bits per heavy atom. The molecule has 0 unspecified atom stereocenters. The molecule has 0 bridgehead atoms. The number of aromatic nitrogens is 1. The molecule has 0 spiro atoms. The summed E-state index contributed by atoms with van der Waals surface area (Å²) in [5.74, 6) is 2.25. The number of ether oxygens (including phenoxy) is 2. The molecule has 0 saturated heterocycles. The second kappa shape index (κ2) is 9.45. The van der Waals surface area contributed by atoms with Gasteiger partial charge in [-0.2, -0.15) is 0 Å². The Kier molecular flexibility index (Phi) is 6.48. The number of nitrogens with zero attached hydrogens (tertiary/aromatic N) is 2. The third kappa shape index (κ3) is 4.70. The third-order valence-electron chi connectivity index (χ3n) is 4.71. The maximum absolute atomic E-state index is 13.3. The van der Waals surface area contributed by atoms with Crippen LogP contribution >= 0.6 is 23.1 Å². The minimum absolute atomic E-state index is 0.0565. The van der Waals surface area contributed by atoms with Crippen LogP contribution in [0.4, 0.5) is 5.13 Å². The van der Waals surface area contributed by atoms with Crippen LogP contribution in [-0.2, 0) is 11.3 Å². The van der Waals surface area contributed by atoms with E-state index in [1.54, 1.807) is 25.4 Å². The van der Waals surface area contributed by atoms with Crippen molar-refractivity contribution < 1.29 is 18.7 Å². The molecule has 0 aliphatic carbocycles. The predicted octanol–water partition coefficient (Wildman–Crippen LogP) is 5.54. The normalized spacial score (nSPS) is 10.9. The van der Waals surface area contributed by atoms with Crippen LogP contribution < -0.4 is 14.4 Å². The van der Waals surface area contributed by atoms with Crippen molar-refractivity contribution in [2.45, 2.75) is 18.4 Å². The number of hydrogen-bond acceptors (Lipinski definition) is 7. The van der Waals surface area contributed by atoms with E-state index in [1.165, 1.54) is 28.7 Å². The first-order valence-electron chi connectivity index (χ1n) is 9.62. The van der Waals surface area contributed by atoms with Crippen molar-refractivity contribution in [3.05, 3.63) is 66.1 Å². The highest BCUT2D eigenvalue weighted by molar-refractivity contribution is 8.00. The van der Waals surface area contributed by atoms with Crippen LogP contribution in [0, 0.1) is 6.92 Å². The molecule has 1 amide bonds. The van der Waals surface area contributed by atoms with Crippen molar-refractivity contribution in [3.8, 4) is 11.5 Å². The fourth-order valence-corrected chi connectivity index (χ4v) is 4.93. The lowest BCUT2D eigenvalue weighted by Crippen LogP contribution is -2.31. The van der Waals surface area contributed by atoms with Gasteiger partial charge >= 0.3 is 0 Å². The summed E-state index contributed by atoms with van der Waals surface area (Å²) in [5.41, 5.74) is 1.86. The summed E-state index contributed by atoms with van der Waals surface area (Å²) >= 11 is 2.90. The number of benzene rings is 2. The molecule has 4 aromatic rings. The summed E-state index contributed by atoms with van der Waals surface area (Å²) in [6, 6.07) is 15.4. The number of carbonyl (C=O) groups is 1. The maximum Gasteiger partial charge on any atom is 0.239 e. The first-order valence-corrected chi connectivity index (χ1v) is 11.4. The molecule has 2 heterocycles. The fraction of sp³-hybridized carbons (Fsp3) is 0.217. The highest BCUT2D eigenvalue weighted by Gasteiger charge is 2.23. The first-order chi connectivity index (χ1) is 15.1. The Labute approximate surface area is 188 Å². The van der Waals surface area contributed by atoms with E-state index < -0.39 is 0 Å². The molecule has 2 aromatic carbocycles. The van der Waals surface area contributed by atoms with Crippen molar-refractivity contribution in [1.82, 2.24) is 4.98 Å². The molecule has 0 N–H and O–H groups in total. The summed E-state index contributed by atoms with van der Waals surface area (Å²) in [6.07, 6.45) is 1.60. The monoisotopic (exact) mass is 454 g/mol. The number of furan rings is 1. The number of anilines is 1. The lowest BCUT2D eigenvalue weighted by molar-refractivity contribution is -0.116. The van der Waals surface area contributed by atoms with Gasteiger partial charge in [0.05, 0.1) is 32.8 Å². The van der Waals surface area contributed by atoms with Gasteiger partial charge in [-0.1, -0.05) is 29.0 Å². The van der Waals surface area contributed by atoms with Crippen LogP contribution in [0.2, 0.25) is 0 Å². The highest BCUT2D eigenvalue weighted by atomic mass is 32.2. The Morgan fingerprint density at radius 1 is 1.10 bits per heavy atom. The van der Waals surface area contributed by atoms with E-state index in [2.05, 4.69) is 0 Å². The molecule has 6 nitrogen and oxygen atoms in total. The van der Waals surface area contributed by atoms with Crippen molar-refractivity contribution in [2.75, 3.05) is 24.9 Å². The third-order valence-corrected chi connectivity index (χ3v) is 6.80. The Hall–Kier alpha value is -2.97. The average molecular weight is 455 g/mol. The number of fused-ring (bicyclic) bond motifs is 1. The first kappa shape index (κ1) is 21.3. The number of rotatable bonds is 8. The molecule has 8 heteroatoms. The van der Waals surface area contributed by atoms with Gasteiger partial charge in [0.1, 0.15) is 27.5 Å². The summed E-state index contributed by atoms with van der Waals surface area (Å²) < 4.78 is 17.3. The SMILES string of the molecule is COc1ccc(OC)c2sc(N(Cc3ccco3)C(=O)CSc3ccc(C)cc3)nc12. The fourth-order valence-electron chi connectivity index (χ4n) is 3.07. The topological polar surface area (TPSA) is 64.8 Å². The molecule has 160 valence electrons. The van der Waals surface area contributed by atoms with Gasteiger partial charge in [0.25, 0.3) is 0 Å². The van der Waals surface area contributed by atoms with Gasteiger partial charge in [-0.25, -0.2) is 4.98 Å². The number of hydrogen-bond donors (Lipinski definition) is 0. The van der Waals surface area contributed by atoms with Crippen LogP contribution in [0.25, 0.3) is 10.2 Å². The van der Waals surface area contributed by atoms with Gasteiger partial charge in [0, 0.05) is 4.90 Å². The highest BCUT2D eigenvalue weighted by Crippen LogP contribution is 2.40. The zero-order valence-electron chi connectivity index (χ0n) is 17.5. The number of carbonyl (C=O) groups excluding carboxylic acids is 1. The van der Waals surface area contributed by atoms with Crippen LogP contribution in [-0.4, -0.2) is 30.9 Å². The van der Waals surface area contributed by atoms with E-state index >= 15 is 0 Å². The molecule has 0 aliphatic heterocycles. The van der Waals surface area contributed by atoms with Gasteiger partial charge in [0.2, 0.25) is 5.91 Å². The second-order valence-electron chi connectivity index (χ2n) is 6.81. The number of aryl methyl sites for hydroxylation is 1. The molecular formula is C23H22N2O4S2. The molecule has 4 rings (SSSR count). The van der Waals surface area contributed by atoms with Gasteiger partial charge in [-0.3, -0.25) is 9.69 Å². The maximum atomic E-state index is 13.3. The van der Waals surface area contributed by atoms with Gasteiger partial charge in [0.15, 0.2) is 5.13 Å². The largest absolute Gasteiger partial charge is 0.495 e. The standard InChI is InChI=1S/C23H22N2O4S2/c1-15-6-8-17(9-7-15)30-14-20(26)25(13-16-5-4-12-29-16)23-24-21-18(27-2)10-11-19(28-3)22(21)31-23/h4-12H,13-14H2,1-3H3. The van der Waals surface area contributed by atoms with E-state index in [0.29, 0.717) is 34.5 Å². The lowest BCUT2D eigenvalue weighted by Gasteiger charge is -2.18. The van der Waals surface area contributed by atoms with Crippen molar-refractivity contribution >= 4 is 44.4 Å². The van der Waals surface area contributed by atoms with E-state index in [1.807, 2.05) is 55.5 Å². The summed E-state index contributed by atoms with van der Waals surface area (Å²) in [7, 11) is 3.22. The van der Waals surface area contributed by atoms with Gasteiger partial charge in [-0.15, -0.1) is 11.8 Å². The molecule has 0 aliphatic rings. The Balaban J connectivity index is 1.65. The quantitative estimate of drug-likeness (QED) is 0.326. The summed E-state index contributed by atoms with van der Waals surface area (Å²) in [4.78, 5) is 20.7. The van der Waals surface area contributed by atoms with Crippen molar-refractivity contribution in [3.63, 3.8) is 0 Å². The molecule has 2 aromatic heterocycles.